The largest absolute Gasteiger partial charge is 0.376 e. The van der Waals surface area contributed by atoms with Crippen molar-refractivity contribution in [1.82, 2.24) is 14.9 Å². The van der Waals surface area contributed by atoms with Crippen LogP contribution in [0.3, 0.4) is 0 Å². The van der Waals surface area contributed by atoms with Crippen molar-refractivity contribution < 1.29 is 14.3 Å². The molecule has 2 aliphatic rings. The zero-order valence-electron chi connectivity index (χ0n) is 14.8. The summed E-state index contributed by atoms with van der Waals surface area (Å²) >= 11 is 0. The van der Waals surface area contributed by atoms with Gasteiger partial charge in [0.2, 0.25) is 5.91 Å². The van der Waals surface area contributed by atoms with Crippen LogP contribution in [0.2, 0.25) is 0 Å². The molecular weight excluding hydrogens is 322 g/mol. The molecule has 0 radical (unpaired) electrons. The van der Waals surface area contributed by atoms with Gasteiger partial charge in [-0.25, -0.2) is 4.98 Å². The lowest BCUT2D eigenvalue weighted by molar-refractivity contribution is -0.139. The second kappa shape index (κ2) is 8.58. The zero-order valence-corrected chi connectivity index (χ0v) is 14.8. The predicted molar refractivity (Wildman–Crippen MR) is 92.6 cm³/mol. The van der Waals surface area contributed by atoms with Gasteiger partial charge in [-0.2, -0.15) is 0 Å². The Labute approximate surface area is 147 Å². The van der Waals surface area contributed by atoms with Crippen molar-refractivity contribution in [3.8, 4) is 0 Å². The first-order chi connectivity index (χ1) is 12.1. The van der Waals surface area contributed by atoms with E-state index in [4.69, 9.17) is 9.47 Å². The Morgan fingerprint density at radius 3 is 2.84 bits per heavy atom. The number of aryl methyl sites for hydroxylation is 1. The maximum absolute atomic E-state index is 12.3. The van der Waals surface area contributed by atoms with Gasteiger partial charge < -0.3 is 19.4 Å². The molecule has 1 N–H and O–H groups in total. The molecule has 1 aromatic rings. The Morgan fingerprint density at radius 2 is 2.16 bits per heavy atom. The fourth-order valence-electron chi connectivity index (χ4n) is 3.54. The summed E-state index contributed by atoms with van der Waals surface area (Å²) in [5, 5.41) is 0. The fraction of sp³-hybridized carbons (Fsp3) is 0.722. The molecule has 0 bridgehead atoms. The van der Waals surface area contributed by atoms with Crippen molar-refractivity contribution in [3.63, 3.8) is 0 Å². The molecule has 3 rings (SSSR count). The maximum atomic E-state index is 12.3. The molecule has 2 fully saturated rings. The van der Waals surface area contributed by atoms with Gasteiger partial charge in [0.1, 0.15) is 12.4 Å². The second-order valence-corrected chi connectivity index (χ2v) is 6.91. The molecule has 7 heteroatoms. The average molecular weight is 349 g/mol. The van der Waals surface area contributed by atoms with Crippen molar-refractivity contribution in [3.05, 3.63) is 27.9 Å². The molecule has 0 spiro atoms. The van der Waals surface area contributed by atoms with Crippen LogP contribution in [0.1, 0.15) is 49.5 Å². The summed E-state index contributed by atoms with van der Waals surface area (Å²) in [5.74, 6) is 0.908. The number of rotatable bonds is 5. The van der Waals surface area contributed by atoms with E-state index in [1.54, 1.807) is 13.0 Å². The Kier molecular flexibility index (Phi) is 6.20. The molecule has 3 heterocycles. The maximum Gasteiger partial charge on any atom is 0.251 e. The minimum Gasteiger partial charge on any atom is -0.376 e. The molecule has 0 aliphatic carbocycles. The van der Waals surface area contributed by atoms with Crippen molar-refractivity contribution >= 4 is 5.91 Å². The van der Waals surface area contributed by atoms with E-state index in [1.807, 2.05) is 4.90 Å². The SMILES string of the molecule is Cc1nc(C2CCN(C(=O)COC[C@H]3CCCCO3)CC2)cc(=O)[nH]1. The van der Waals surface area contributed by atoms with E-state index in [-0.39, 0.29) is 30.1 Å². The highest BCUT2D eigenvalue weighted by molar-refractivity contribution is 5.77. The molecule has 25 heavy (non-hydrogen) atoms. The minimum atomic E-state index is -0.112. The minimum absolute atomic E-state index is 0.0318. The van der Waals surface area contributed by atoms with Gasteiger partial charge in [-0.1, -0.05) is 0 Å². The number of H-pyrrole nitrogens is 1. The molecule has 2 saturated heterocycles. The van der Waals surface area contributed by atoms with E-state index >= 15 is 0 Å². The molecule has 0 aromatic carbocycles. The van der Waals surface area contributed by atoms with Gasteiger partial charge in [0.15, 0.2) is 0 Å². The third-order valence-electron chi connectivity index (χ3n) is 4.95. The summed E-state index contributed by atoms with van der Waals surface area (Å²) in [5.41, 5.74) is 0.721. The number of carbonyl (C=O) groups excluding carboxylic acids is 1. The Balaban J connectivity index is 1.42. The first-order valence-electron chi connectivity index (χ1n) is 9.17. The van der Waals surface area contributed by atoms with Crippen molar-refractivity contribution in [2.75, 3.05) is 32.9 Å². The van der Waals surface area contributed by atoms with E-state index in [1.165, 1.54) is 6.42 Å². The molecule has 138 valence electrons. The zero-order chi connectivity index (χ0) is 17.6. The van der Waals surface area contributed by atoms with Gasteiger partial charge >= 0.3 is 0 Å². The van der Waals surface area contributed by atoms with E-state index in [2.05, 4.69) is 9.97 Å². The Bertz CT molecular complexity index is 631. The van der Waals surface area contributed by atoms with Crippen LogP contribution in [0.25, 0.3) is 0 Å². The standard InChI is InChI=1S/C18H27N3O4/c1-13-19-16(10-17(22)20-13)14-5-7-21(8-6-14)18(23)12-24-11-15-4-2-3-9-25-15/h10,14-15H,2-9,11-12H2,1H3,(H,19,20,22)/t15-/m1/s1. The predicted octanol–water partition coefficient (Wildman–Crippen LogP) is 1.37. The van der Waals surface area contributed by atoms with Crippen LogP contribution in [0.4, 0.5) is 0 Å². The number of ether oxygens (including phenoxy) is 2. The number of hydrogen-bond donors (Lipinski definition) is 1. The lowest BCUT2D eigenvalue weighted by Gasteiger charge is -2.32. The summed E-state index contributed by atoms with van der Waals surface area (Å²) in [4.78, 5) is 32.8. The summed E-state index contributed by atoms with van der Waals surface area (Å²) in [6, 6.07) is 1.57. The highest BCUT2D eigenvalue weighted by atomic mass is 16.5. The van der Waals surface area contributed by atoms with E-state index < -0.39 is 0 Å². The molecule has 2 aliphatic heterocycles. The number of aromatic amines is 1. The lowest BCUT2D eigenvalue weighted by Crippen LogP contribution is -2.40. The van der Waals surface area contributed by atoms with Gasteiger partial charge in [0, 0.05) is 31.7 Å². The van der Waals surface area contributed by atoms with Crippen molar-refractivity contribution in [2.24, 2.45) is 0 Å². The topological polar surface area (TPSA) is 84.5 Å². The third kappa shape index (κ3) is 5.12. The molecular formula is C18H27N3O4. The first kappa shape index (κ1) is 18.1. The quantitative estimate of drug-likeness (QED) is 0.868. The number of carbonyl (C=O) groups is 1. The molecule has 7 nitrogen and oxygen atoms in total. The van der Waals surface area contributed by atoms with Crippen LogP contribution in [-0.4, -0.2) is 59.8 Å². The third-order valence-corrected chi connectivity index (χ3v) is 4.95. The summed E-state index contributed by atoms with van der Waals surface area (Å²) in [6.07, 6.45) is 5.10. The number of nitrogens with zero attached hydrogens (tertiary/aromatic N) is 2. The van der Waals surface area contributed by atoms with Crippen molar-refractivity contribution in [1.29, 1.82) is 0 Å². The lowest BCUT2D eigenvalue weighted by atomic mass is 9.93. The van der Waals surface area contributed by atoms with Crippen LogP contribution in [0.5, 0.6) is 0 Å². The average Bonchev–Trinajstić information content (AvgIpc) is 2.62. The number of nitrogens with one attached hydrogen (secondary N) is 1. The van der Waals surface area contributed by atoms with Gasteiger partial charge in [-0.3, -0.25) is 9.59 Å². The van der Waals surface area contributed by atoms with Gasteiger partial charge in [0.05, 0.1) is 18.4 Å². The number of likely N-dealkylation sites (tertiary alicyclic amines) is 1. The summed E-state index contributed by atoms with van der Waals surface area (Å²) in [7, 11) is 0. The van der Waals surface area contributed by atoms with Crippen LogP contribution >= 0.6 is 0 Å². The molecule has 0 unspecified atom stereocenters. The molecule has 1 amide bonds. The number of hydrogen-bond acceptors (Lipinski definition) is 5. The fourth-order valence-corrected chi connectivity index (χ4v) is 3.54. The van der Waals surface area contributed by atoms with Crippen LogP contribution in [-0.2, 0) is 14.3 Å². The van der Waals surface area contributed by atoms with Crippen LogP contribution in [0, 0.1) is 6.92 Å². The smallest absolute Gasteiger partial charge is 0.251 e. The van der Waals surface area contributed by atoms with Crippen molar-refractivity contribution in [2.45, 2.75) is 51.0 Å². The van der Waals surface area contributed by atoms with Gasteiger partial charge in [0.25, 0.3) is 5.56 Å². The Hall–Kier alpha value is -1.73. The molecule has 0 saturated carbocycles. The van der Waals surface area contributed by atoms with Gasteiger partial charge in [-0.05, 0) is 39.0 Å². The van der Waals surface area contributed by atoms with E-state index in [0.29, 0.717) is 25.5 Å². The monoisotopic (exact) mass is 349 g/mol. The molecule has 1 aromatic heterocycles. The number of amides is 1. The van der Waals surface area contributed by atoms with Crippen LogP contribution in [0.15, 0.2) is 10.9 Å². The second-order valence-electron chi connectivity index (χ2n) is 6.91. The summed E-state index contributed by atoms with van der Waals surface area (Å²) < 4.78 is 11.2. The van der Waals surface area contributed by atoms with E-state index in [0.717, 1.165) is 38.0 Å². The number of piperidine rings is 1. The molecule has 1 atom stereocenters. The van der Waals surface area contributed by atoms with E-state index in [9.17, 15) is 9.59 Å². The highest BCUT2D eigenvalue weighted by Gasteiger charge is 2.25. The first-order valence-corrected chi connectivity index (χ1v) is 9.17. The number of aromatic nitrogens is 2. The summed E-state index contributed by atoms with van der Waals surface area (Å²) in [6.45, 7) is 4.56. The van der Waals surface area contributed by atoms with Gasteiger partial charge in [-0.15, -0.1) is 0 Å². The highest BCUT2D eigenvalue weighted by Crippen LogP contribution is 2.26. The Morgan fingerprint density at radius 1 is 1.36 bits per heavy atom. The normalized spacial score (nSPS) is 22.1. The van der Waals surface area contributed by atoms with Crippen LogP contribution < -0.4 is 5.56 Å².